The number of nitrogens with zero attached hydrogens (tertiary/aromatic N) is 2. The molecule has 0 fully saturated rings. The van der Waals surface area contributed by atoms with Crippen LogP contribution in [0.1, 0.15) is 5.69 Å². The highest BCUT2D eigenvalue weighted by Gasteiger charge is 1.99. The second-order valence-electron chi connectivity index (χ2n) is 3.59. The number of amides is 2. The average Bonchev–Trinajstić information content (AvgIpc) is 2.40. The molecule has 2 N–H and O–H groups in total. The van der Waals surface area contributed by atoms with Crippen molar-refractivity contribution in [2.75, 3.05) is 5.32 Å². The monoisotopic (exact) mass is 274 g/mol. The summed E-state index contributed by atoms with van der Waals surface area (Å²) >= 11 is 5.80. The first-order valence-electron chi connectivity index (χ1n) is 5.51. The summed E-state index contributed by atoms with van der Waals surface area (Å²) < 4.78 is 0. The number of carbonyl (C=O) groups is 1. The molecule has 0 radical (unpaired) electrons. The van der Waals surface area contributed by atoms with Crippen LogP contribution >= 0.6 is 11.6 Å². The zero-order chi connectivity index (χ0) is 13.5. The van der Waals surface area contributed by atoms with E-state index in [-0.39, 0.29) is 0 Å². The van der Waals surface area contributed by atoms with E-state index < -0.39 is 6.03 Å². The SMILES string of the molecule is O=C(NN=Cc1ccccn1)Nc1cccc(Cl)c1. The molecule has 1 heterocycles. The molecule has 1 aromatic heterocycles. The van der Waals surface area contributed by atoms with Gasteiger partial charge in [-0.1, -0.05) is 23.7 Å². The van der Waals surface area contributed by atoms with Gasteiger partial charge in [-0.25, -0.2) is 10.2 Å². The Morgan fingerprint density at radius 1 is 1.26 bits per heavy atom. The number of benzene rings is 1. The Morgan fingerprint density at radius 2 is 2.16 bits per heavy atom. The Hall–Kier alpha value is -2.40. The standard InChI is InChI=1S/C13H11ClN4O/c14-10-4-3-6-11(8-10)17-13(19)18-16-9-12-5-1-2-7-15-12/h1-9H,(H2,17,18,19). The number of carbonyl (C=O) groups excluding carboxylic acids is 1. The molecule has 0 atom stereocenters. The van der Waals surface area contributed by atoms with Gasteiger partial charge >= 0.3 is 6.03 Å². The minimum Gasteiger partial charge on any atom is -0.306 e. The Morgan fingerprint density at radius 3 is 2.89 bits per heavy atom. The number of urea groups is 1. The molecule has 6 heteroatoms. The third kappa shape index (κ3) is 4.40. The molecular weight excluding hydrogens is 264 g/mol. The number of nitrogens with one attached hydrogen (secondary N) is 2. The maximum atomic E-state index is 11.5. The molecule has 19 heavy (non-hydrogen) atoms. The molecule has 0 saturated heterocycles. The fraction of sp³-hybridized carbons (Fsp3) is 0. The molecule has 0 aliphatic rings. The van der Waals surface area contributed by atoms with Gasteiger partial charge in [0.15, 0.2) is 0 Å². The van der Waals surface area contributed by atoms with Gasteiger partial charge in [-0.15, -0.1) is 0 Å². The average molecular weight is 275 g/mol. The lowest BCUT2D eigenvalue weighted by Crippen LogP contribution is -2.24. The van der Waals surface area contributed by atoms with Crippen LogP contribution in [-0.4, -0.2) is 17.2 Å². The van der Waals surface area contributed by atoms with E-state index in [9.17, 15) is 4.79 Å². The van der Waals surface area contributed by atoms with Crippen molar-refractivity contribution in [3.63, 3.8) is 0 Å². The van der Waals surface area contributed by atoms with Crippen LogP contribution in [0.2, 0.25) is 5.02 Å². The number of hydrogen-bond donors (Lipinski definition) is 2. The summed E-state index contributed by atoms with van der Waals surface area (Å²) in [6.45, 7) is 0. The maximum Gasteiger partial charge on any atom is 0.339 e. The van der Waals surface area contributed by atoms with Crippen molar-refractivity contribution in [3.8, 4) is 0 Å². The molecule has 5 nitrogen and oxygen atoms in total. The van der Waals surface area contributed by atoms with Crippen LogP contribution in [0.15, 0.2) is 53.8 Å². The van der Waals surface area contributed by atoms with Gasteiger partial charge in [-0.3, -0.25) is 4.98 Å². The van der Waals surface area contributed by atoms with Crippen molar-refractivity contribution in [2.45, 2.75) is 0 Å². The summed E-state index contributed by atoms with van der Waals surface area (Å²) in [5, 5.41) is 6.93. The van der Waals surface area contributed by atoms with Crippen molar-refractivity contribution in [1.29, 1.82) is 0 Å². The van der Waals surface area contributed by atoms with Crippen LogP contribution in [0.3, 0.4) is 0 Å². The quantitative estimate of drug-likeness (QED) is 0.667. The van der Waals surface area contributed by atoms with Gasteiger partial charge in [0, 0.05) is 16.9 Å². The minimum absolute atomic E-state index is 0.450. The molecule has 2 aromatic rings. The predicted molar refractivity (Wildman–Crippen MR) is 75.4 cm³/mol. The fourth-order valence-corrected chi connectivity index (χ4v) is 1.52. The highest BCUT2D eigenvalue weighted by Crippen LogP contribution is 2.14. The molecule has 0 aliphatic heterocycles. The first-order chi connectivity index (χ1) is 9.24. The summed E-state index contributed by atoms with van der Waals surface area (Å²) in [6.07, 6.45) is 3.10. The van der Waals surface area contributed by atoms with E-state index in [0.29, 0.717) is 16.4 Å². The number of aromatic nitrogens is 1. The van der Waals surface area contributed by atoms with Crippen LogP contribution in [-0.2, 0) is 0 Å². The Labute approximate surface area is 115 Å². The Balaban J connectivity index is 1.87. The maximum absolute atomic E-state index is 11.5. The van der Waals surface area contributed by atoms with E-state index in [1.54, 1.807) is 42.6 Å². The lowest BCUT2D eigenvalue weighted by Gasteiger charge is -2.03. The largest absolute Gasteiger partial charge is 0.339 e. The zero-order valence-corrected chi connectivity index (χ0v) is 10.6. The molecule has 0 aliphatic carbocycles. The first-order valence-corrected chi connectivity index (χ1v) is 5.88. The van der Waals surface area contributed by atoms with E-state index in [0.717, 1.165) is 0 Å². The smallest absolute Gasteiger partial charge is 0.306 e. The van der Waals surface area contributed by atoms with Crippen molar-refractivity contribution < 1.29 is 4.79 Å². The van der Waals surface area contributed by atoms with Gasteiger partial charge in [-0.05, 0) is 30.3 Å². The lowest BCUT2D eigenvalue weighted by molar-refractivity contribution is 0.252. The normalized spacial score (nSPS) is 10.4. The van der Waals surface area contributed by atoms with Crippen molar-refractivity contribution in [2.24, 2.45) is 5.10 Å². The summed E-state index contributed by atoms with van der Waals surface area (Å²) in [5.41, 5.74) is 3.59. The molecule has 1 aromatic carbocycles. The first kappa shape index (κ1) is 13.0. The zero-order valence-electron chi connectivity index (χ0n) is 9.88. The summed E-state index contributed by atoms with van der Waals surface area (Å²) in [4.78, 5) is 15.5. The molecule has 0 unspecified atom stereocenters. The molecule has 0 bridgehead atoms. The second-order valence-corrected chi connectivity index (χ2v) is 4.03. The van der Waals surface area contributed by atoms with Gasteiger partial charge in [0.2, 0.25) is 0 Å². The molecular formula is C13H11ClN4O. The Kier molecular flexibility index (Phi) is 4.47. The van der Waals surface area contributed by atoms with Crippen LogP contribution in [0.5, 0.6) is 0 Å². The van der Waals surface area contributed by atoms with E-state index in [2.05, 4.69) is 20.8 Å². The van der Waals surface area contributed by atoms with Crippen molar-refractivity contribution in [1.82, 2.24) is 10.4 Å². The topological polar surface area (TPSA) is 66.4 Å². The van der Waals surface area contributed by atoms with Gasteiger partial charge in [0.05, 0.1) is 11.9 Å². The highest BCUT2D eigenvalue weighted by atomic mass is 35.5. The number of rotatable bonds is 3. The third-order valence-corrected chi connectivity index (χ3v) is 2.37. The minimum atomic E-state index is -0.450. The summed E-state index contributed by atoms with van der Waals surface area (Å²) in [5.74, 6) is 0. The number of halogens is 1. The van der Waals surface area contributed by atoms with Crippen molar-refractivity contribution >= 4 is 29.5 Å². The summed E-state index contributed by atoms with van der Waals surface area (Å²) in [6, 6.07) is 11.8. The predicted octanol–water partition coefficient (Wildman–Crippen LogP) is 2.89. The van der Waals surface area contributed by atoms with Crippen LogP contribution < -0.4 is 10.7 Å². The molecule has 0 spiro atoms. The number of pyridine rings is 1. The number of hydrazone groups is 1. The van der Waals surface area contributed by atoms with Crippen LogP contribution in [0, 0.1) is 0 Å². The Bertz CT molecular complexity index is 586. The van der Waals surface area contributed by atoms with Gasteiger partial charge in [-0.2, -0.15) is 5.10 Å². The van der Waals surface area contributed by atoms with Crippen molar-refractivity contribution in [3.05, 3.63) is 59.4 Å². The van der Waals surface area contributed by atoms with Gasteiger partial charge in [0.1, 0.15) is 0 Å². The highest BCUT2D eigenvalue weighted by molar-refractivity contribution is 6.30. The van der Waals surface area contributed by atoms with Crippen LogP contribution in [0.25, 0.3) is 0 Å². The van der Waals surface area contributed by atoms with E-state index in [1.165, 1.54) is 6.21 Å². The van der Waals surface area contributed by atoms with E-state index in [1.807, 2.05) is 6.07 Å². The van der Waals surface area contributed by atoms with Gasteiger partial charge < -0.3 is 5.32 Å². The van der Waals surface area contributed by atoms with Crippen LogP contribution in [0.4, 0.5) is 10.5 Å². The molecule has 0 saturated carbocycles. The molecule has 2 rings (SSSR count). The van der Waals surface area contributed by atoms with Gasteiger partial charge in [0.25, 0.3) is 0 Å². The second kappa shape index (κ2) is 6.51. The molecule has 2 amide bonds. The van der Waals surface area contributed by atoms with E-state index >= 15 is 0 Å². The fourth-order valence-electron chi connectivity index (χ4n) is 1.33. The molecule has 96 valence electrons. The number of anilines is 1. The number of hydrogen-bond acceptors (Lipinski definition) is 3. The van der Waals surface area contributed by atoms with E-state index in [4.69, 9.17) is 11.6 Å². The third-order valence-electron chi connectivity index (χ3n) is 2.13. The summed E-state index contributed by atoms with van der Waals surface area (Å²) in [7, 11) is 0. The lowest BCUT2D eigenvalue weighted by atomic mass is 10.3.